The van der Waals surface area contributed by atoms with Crippen molar-refractivity contribution >= 4 is 35.4 Å². The van der Waals surface area contributed by atoms with Crippen LogP contribution in [-0.4, -0.2) is 61.1 Å². The van der Waals surface area contributed by atoms with Crippen molar-refractivity contribution in [3.05, 3.63) is 34.9 Å². The van der Waals surface area contributed by atoms with Crippen molar-refractivity contribution in [3.63, 3.8) is 0 Å². The first-order valence-corrected chi connectivity index (χ1v) is 10.2. The van der Waals surface area contributed by atoms with Crippen LogP contribution in [0.25, 0.3) is 0 Å². The number of halogens is 1. The third-order valence-electron chi connectivity index (χ3n) is 4.43. The van der Waals surface area contributed by atoms with Crippen LogP contribution in [0.15, 0.2) is 24.3 Å². The fraction of sp³-hybridized carbons (Fsp3) is 0.524. The van der Waals surface area contributed by atoms with E-state index in [1.54, 1.807) is 24.3 Å². The minimum atomic E-state index is -1.18. The van der Waals surface area contributed by atoms with E-state index in [-0.39, 0.29) is 13.2 Å². The number of nitrogens with one attached hydrogen (secondary N) is 1. The maximum absolute atomic E-state index is 11.9. The minimum Gasteiger partial charge on any atom is -0.463 e. The lowest BCUT2D eigenvalue weighted by atomic mass is 9.96. The Morgan fingerprint density at radius 3 is 2.16 bits per heavy atom. The second-order valence-corrected chi connectivity index (χ2v) is 7.53. The van der Waals surface area contributed by atoms with E-state index >= 15 is 0 Å². The maximum Gasteiger partial charge on any atom is 0.303 e. The van der Waals surface area contributed by atoms with Crippen molar-refractivity contribution in [2.75, 3.05) is 6.61 Å². The highest BCUT2D eigenvalue weighted by atomic mass is 35.5. The van der Waals surface area contributed by atoms with Crippen molar-refractivity contribution in [3.8, 4) is 0 Å². The van der Waals surface area contributed by atoms with Crippen LogP contribution in [0.2, 0.25) is 5.02 Å². The van der Waals surface area contributed by atoms with E-state index in [0.29, 0.717) is 10.6 Å². The van der Waals surface area contributed by atoms with Crippen molar-refractivity contribution in [2.45, 2.75) is 64.9 Å². The first-order valence-electron chi connectivity index (χ1n) is 9.83. The summed E-state index contributed by atoms with van der Waals surface area (Å²) in [4.78, 5) is 46.8. The smallest absolute Gasteiger partial charge is 0.303 e. The normalized spacial score (nSPS) is 24.8. The van der Waals surface area contributed by atoms with Gasteiger partial charge in [-0.25, -0.2) is 0 Å². The van der Waals surface area contributed by atoms with Crippen molar-refractivity contribution < 1.29 is 42.9 Å². The molecule has 1 amide bonds. The van der Waals surface area contributed by atoms with Crippen molar-refractivity contribution in [1.82, 2.24) is 5.32 Å². The quantitative estimate of drug-likeness (QED) is 0.443. The summed E-state index contributed by atoms with van der Waals surface area (Å²) in [6.45, 7) is 4.52. The van der Waals surface area contributed by atoms with E-state index in [2.05, 4.69) is 5.32 Å². The summed E-state index contributed by atoms with van der Waals surface area (Å²) in [7, 11) is 0. The molecule has 1 aliphatic heterocycles. The summed E-state index contributed by atoms with van der Waals surface area (Å²) in [6.07, 6.45) is -4.53. The van der Waals surface area contributed by atoms with Crippen LogP contribution in [0.1, 0.15) is 33.3 Å². The molecule has 0 spiro atoms. The molecular weight excluding hydrogens is 446 g/mol. The first kappa shape index (κ1) is 25.6. The molecule has 0 aromatic heterocycles. The molecule has 1 N–H and O–H groups in total. The predicted octanol–water partition coefficient (Wildman–Crippen LogP) is 1.51. The molecule has 1 aromatic rings. The van der Waals surface area contributed by atoms with Gasteiger partial charge >= 0.3 is 17.9 Å². The van der Waals surface area contributed by atoms with Gasteiger partial charge in [0.25, 0.3) is 0 Å². The van der Waals surface area contributed by atoms with E-state index in [0.717, 1.165) is 0 Å². The fourth-order valence-electron chi connectivity index (χ4n) is 3.22. The highest BCUT2D eigenvalue weighted by molar-refractivity contribution is 6.31. The van der Waals surface area contributed by atoms with Crippen LogP contribution in [0.5, 0.6) is 0 Å². The van der Waals surface area contributed by atoms with Gasteiger partial charge in [0.1, 0.15) is 18.8 Å². The molecule has 5 atom stereocenters. The van der Waals surface area contributed by atoms with Crippen molar-refractivity contribution in [1.29, 1.82) is 0 Å². The van der Waals surface area contributed by atoms with E-state index in [4.69, 9.17) is 35.3 Å². The van der Waals surface area contributed by atoms with E-state index in [1.807, 2.05) is 0 Å². The molecule has 11 heteroatoms. The lowest BCUT2D eigenvalue weighted by Crippen LogP contribution is -2.66. The van der Waals surface area contributed by atoms with Crippen LogP contribution < -0.4 is 5.32 Å². The Morgan fingerprint density at radius 2 is 1.59 bits per heavy atom. The predicted molar refractivity (Wildman–Crippen MR) is 110 cm³/mol. The van der Waals surface area contributed by atoms with Crippen molar-refractivity contribution in [2.24, 2.45) is 0 Å². The maximum atomic E-state index is 11.9. The molecule has 10 nitrogen and oxygen atoms in total. The van der Waals surface area contributed by atoms with Gasteiger partial charge in [0, 0.05) is 32.7 Å². The van der Waals surface area contributed by atoms with E-state index < -0.39 is 54.5 Å². The topological polar surface area (TPSA) is 126 Å². The number of hydrogen-bond donors (Lipinski definition) is 1. The molecular formula is C21H26ClNO9. The van der Waals surface area contributed by atoms with Crippen LogP contribution in [0, 0.1) is 0 Å². The van der Waals surface area contributed by atoms with E-state index in [1.165, 1.54) is 27.7 Å². The summed E-state index contributed by atoms with van der Waals surface area (Å²) in [5.41, 5.74) is 0.655. The molecule has 1 fully saturated rings. The Bertz CT molecular complexity index is 846. The Morgan fingerprint density at radius 1 is 0.969 bits per heavy atom. The number of rotatable bonds is 8. The molecule has 0 saturated carbocycles. The highest BCUT2D eigenvalue weighted by Crippen LogP contribution is 2.29. The summed E-state index contributed by atoms with van der Waals surface area (Å²) >= 11 is 6.18. The van der Waals surface area contributed by atoms with Gasteiger partial charge in [-0.2, -0.15) is 0 Å². The van der Waals surface area contributed by atoms with Gasteiger partial charge < -0.3 is 29.0 Å². The average Bonchev–Trinajstić information content (AvgIpc) is 2.68. The van der Waals surface area contributed by atoms with Gasteiger partial charge in [-0.3, -0.25) is 19.2 Å². The Balaban J connectivity index is 2.37. The van der Waals surface area contributed by atoms with Crippen LogP contribution in [0.4, 0.5) is 0 Å². The zero-order valence-corrected chi connectivity index (χ0v) is 18.9. The fourth-order valence-corrected chi connectivity index (χ4v) is 3.41. The average molecular weight is 472 g/mol. The number of benzene rings is 1. The molecule has 0 radical (unpaired) electrons. The number of esters is 3. The molecule has 1 heterocycles. The second-order valence-electron chi connectivity index (χ2n) is 7.12. The third-order valence-corrected chi connectivity index (χ3v) is 4.80. The zero-order chi connectivity index (χ0) is 23.8. The van der Waals surface area contributed by atoms with Gasteiger partial charge in [0.05, 0.1) is 6.61 Å². The number of carbonyl (C=O) groups excluding carboxylic acids is 4. The molecule has 0 aliphatic carbocycles. The lowest BCUT2D eigenvalue weighted by Gasteiger charge is -2.44. The second kappa shape index (κ2) is 11.8. The van der Waals surface area contributed by atoms with E-state index in [9.17, 15) is 19.2 Å². The van der Waals surface area contributed by atoms with Gasteiger partial charge in [0.2, 0.25) is 5.91 Å². The number of carbonyl (C=O) groups is 4. The van der Waals surface area contributed by atoms with Crippen LogP contribution >= 0.6 is 11.6 Å². The summed E-state index contributed by atoms with van der Waals surface area (Å²) in [6, 6.07) is 5.95. The Labute approximate surface area is 190 Å². The van der Waals surface area contributed by atoms with Gasteiger partial charge in [0.15, 0.2) is 18.5 Å². The molecule has 2 rings (SSSR count). The van der Waals surface area contributed by atoms with Gasteiger partial charge in [-0.05, 0) is 11.6 Å². The molecule has 1 aromatic carbocycles. The number of amides is 1. The SMILES string of the molecule is CC(=O)NC1C(OCc2ccccc2Cl)OC(COC(C)=O)C(OC(C)=O)C1OC(C)=O. The first-order chi connectivity index (χ1) is 15.1. The Kier molecular flexibility index (Phi) is 9.42. The molecule has 5 unspecified atom stereocenters. The Hall–Kier alpha value is -2.69. The zero-order valence-electron chi connectivity index (χ0n) is 18.2. The number of hydrogen-bond acceptors (Lipinski definition) is 9. The molecule has 0 bridgehead atoms. The molecule has 1 aliphatic rings. The largest absolute Gasteiger partial charge is 0.463 e. The standard InChI is InChI=1S/C21H26ClNO9/c1-11(24)23-18-20(31-14(4)27)19(30-13(3)26)17(10-28-12(2)25)32-21(18)29-9-15-7-5-6-8-16(15)22/h5-8,17-21H,9-10H2,1-4H3,(H,23,24). The monoisotopic (exact) mass is 471 g/mol. The van der Waals surface area contributed by atoms with Gasteiger partial charge in [-0.1, -0.05) is 29.8 Å². The third kappa shape index (κ3) is 7.47. The van der Waals surface area contributed by atoms with Crippen LogP contribution in [0.3, 0.4) is 0 Å². The van der Waals surface area contributed by atoms with Crippen LogP contribution in [-0.2, 0) is 49.5 Å². The number of ether oxygens (including phenoxy) is 5. The molecule has 32 heavy (non-hydrogen) atoms. The summed E-state index contributed by atoms with van der Waals surface area (Å²) in [5, 5.41) is 3.09. The molecule has 1 saturated heterocycles. The minimum absolute atomic E-state index is 0.00569. The highest BCUT2D eigenvalue weighted by Gasteiger charge is 2.51. The lowest BCUT2D eigenvalue weighted by molar-refractivity contribution is -0.280. The molecule has 176 valence electrons. The van der Waals surface area contributed by atoms with Gasteiger partial charge in [-0.15, -0.1) is 0 Å². The summed E-state index contributed by atoms with van der Waals surface area (Å²) in [5.74, 6) is -2.40. The summed E-state index contributed by atoms with van der Waals surface area (Å²) < 4.78 is 27.6.